The molecule has 0 saturated carbocycles. The Morgan fingerprint density at radius 1 is 0.408 bits per heavy atom. The van der Waals surface area contributed by atoms with Crippen LogP contribution in [0.4, 0.5) is 0 Å². The third-order valence-electron chi connectivity index (χ3n) is 9.26. The molecule has 6 aromatic carbocycles. The number of hydrogen-bond donors (Lipinski definition) is 0. The first-order valence-electron chi connectivity index (χ1n) is 16.6. The fraction of sp³-hybridized carbons (Fsp3) is 0.0455. The average Bonchev–Trinajstić information content (AvgIpc) is 3.52. The zero-order valence-electron chi connectivity index (χ0n) is 27.0. The van der Waals surface area contributed by atoms with Gasteiger partial charge in [0.05, 0.1) is 16.7 Å². The van der Waals surface area contributed by atoms with Gasteiger partial charge in [0.15, 0.2) is 17.5 Å². The highest BCUT2D eigenvalue weighted by molar-refractivity contribution is 6.16. The van der Waals surface area contributed by atoms with Crippen LogP contribution in [0.1, 0.15) is 6.92 Å². The maximum atomic E-state index is 5.24. The molecule has 3 aromatic heterocycles. The molecule has 0 N–H and O–H groups in total. The standard InChI is InChI=1S/C44H31N5/c1-2-49-39-16-10-9-15-36(39)37-27-25-32-26-28-38(45-40(32)41(37)49)31-21-17-29(18-22-31)30-19-23-35(24-20-30)44-47-42(33-11-5-3-6-12-33)46-43(48-44)34-13-7-4-8-14-34/h3-28H,2H2,1H3. The van der Waals surface area contributed by atoms with Crippen molar-refractivity contribution in [2.45, 2.75) is 13.5 Å². The number of fused-ring (bicyclic) bond motifs is 5. The van der Waals surface area contributed by atoms with E-state index in [-0.39, 0.29) is 0 Å². The van der Waals surface area contributed by atoms with Crippen LogP contribution in [0.5, 0.6) is 0 Å². The third-order valence-corrected chi connectivity index (χ3v) is 9.26. The molecule has 49 heavy (non-hydrogen) atoms. The van der Waals surface area contributed by atoms with Crippen LogP contribution in [-0.2, 0) is 6.54 Å². The van der Waals surface area contributed by atoms with Gasteiger partial charge in [-0.1, -0.05) is 146 Å². The molecule has 0 aliphatic rings. The number of nitrogens with zero attached hydrogens (tertiary/aromatic N) is 5. The smallest absolute Gasteiger partial charge is 0.164 e. The normalized spacial score (nSPS) is 11.4. The van der Waals surface area contributed by atoms with E-state index in [0.717, 1.165) is 56.5 Å². The number of rotatable bonds is 6. The van der Waals surface area contributed by atoms with Gasteiger partial charge in [0, 0.05) is 50.5 Å². The minimum atomic E-state index is 0.646. The second-order valence-corrected chi connectivity index (χ2v) is 12.2. The summed E-state index contributed by atoms with van der Waals surface area (Å²) in [7, 11) is 0. The zero-order chi connectivity index (χ0) is 32.7. The van der Waals surface area contributed by atoms with Gasteiger partial charge in [-0.2, -0.15) is 0 Å². The lowest BCUT2D eigenvalue weighted by molar-refractivity contribution is 0.829. The topological polar surface area (TPSA) is 56.5 Å². The van der Waals surface area contributed by atoms with Crippen molar-refractivity contribution in [2.75, 3.05) is 0 Å². The molecule has 9 rings (SSSR count). The van der Waals surface area contributed by atoms with E-state index in [9.17, 15) is 0 Å². The van der Waals surface area contributed by atoms with Crippen LogP contribution in [-0.4, -0.2) is 24.5 Å². The third kappa shape index (κ3) is 5.13. The molecule has 0 unspecified atom stereocenters. The quantitative estimate of drug-likeness (QED) is 0.184. The van der Waals surface area contributed by atoms with E-state index in [4.69, 9.17) is 19.9 Å². The summed E-state index contributed by atoms with van der Waals surface area (Å²) in [5.41, 5.74) is 10.6. The largest absolute Gasteiger partial charge is 0.339 e. The molecule has 0 saturated heterocycles. The number of para-hydroxylation sites is 1. The molecule has 232 valence electrons. The molecule has 3 heterocycles. The van der Waals surface area contributed by atoms with E-state index < -0.39 is 0 Å². The summed E-state index contributed by atoms with van der Waals surface area (Å²) >= 11 is 0. The minimum absolute atomic E-state index is 0.646. The molecule has 0 amide bonds. The number of aromatic nitrogens is 5. The minimum Gasteiger partial charge on any atom is -0.339 e. The van der Waals surface area contributed by atoms with Crippen LogP contribution in [0.3, 0.4) is 0 Å². The molecule has 5 heteroatoms. The summed E-state index contributed by atoms with van der Waals surface area (Å²) < 4.78 is 2.39. The van der Waals surface area contributed by atoms with Gasteiger partial charge >= 0.3 is 0 Å². The van der Waals surface area contributed by atoms with E-state index >= 15 is 0 Å². The van der Waals surface area contributed by atoms with Crippen molar-refractivity contribution in [3.8, 4) is 56.5 Å². The number of benzene rings is 6. The molecule has 0 aliphatic carbocycles. The maximum absolute atomic E-state index is 5.24. The van der Waals surface area contributed by atoms with Crippen LogP contribution in [0.2, 0.25) is 0 Å². The number of aryl methyl sites for hydroxylation is 1. The van der Waals surface area contributed by atoms with Crippen molar-refractivity contribution in [2.24, 2.45) is 0 Å². The number of hydrogen-bond acceptors (Lipinski definition) is 4. The van der Waals surface area contributed by atoms with Gasteiger partial charge in [-0.05, 0) is 30.2 Å². The van der Waals surface area contributed by atoms with E-state index in [1.165, 1.54) is 21.8 Å². The second kappa shape index (κ2) is 12.0. The fourth-order valence-electron chi connectivity index (χ4n) is 6.79. The van der Waals surface area contributed by atoms with Crippen LogP contribution in [0.15, 0.2) is 158 Å². The van der Waals surface area contributed by atoms with Crippen molar-refractivity contribution >= 4 is 32.7 Å². The molecule has 5 nitrogen and oxygen atoms in total. The Kier molecular flexibility index (Phi) is 7.02. The molecule has 0 spiro atoms. The lowest BCUT2D eigenvalue weighted by atomic mass is 10.0. The highest BCUT2D eigenvalue weighted by Gasteiger charge is 2.15. The van der Waals surface area contributed by atoms with E-state index in [1.807, 2.05) is 60.7 Å². The molecule has 0 fully saturated rings. The molecular weight excluding hydrogens is 599 g/mol. The van der Waals surface area contributed by atoms with Gasteiger partial charge in [-0.15, -0.1) is 0 Å². The summed E-state index contributed by atoms with van der Waals surface area (Å²) in [5, 5.41) is 3.67. The van der Waals surface area contributed by atoms with Crippen molar-refractivity contribution in [3.05, 3.63) is 158 Å². The molecule has 0 bridgehead atoms. The zero-order valence-corrected chi connectivity index (χ0v) is 27.0. The fourth-order valence-corrected chi connectivity index (χ4v) is 6.79. The first-order chi connectivity index (χ1) is 24.2. The Balaban J connectivity index is 1.05. The second-order valence-electron chi connectivity index (χ2n) is 12.2. The van der Waals surface area contributed by atoms with Crippen molar-refractivity contribution in [1.82, 2.24) is 24.5 Å². The average molecular weight is 630 g/mol. The van der Waals surface area contributed by atoms with Gasteiger partial charge in [0.2, 0.25) is 0 Å². The first-order valence-corrected chi connectivity index (χ1v) is 16.6. The Hall–Kier alpha value is -6.46. The Labute approximate surface area is 284 Å². The number of pyridine rings is 1. The predicted octanol–water partition coefficient (Wildman–Crippen LogP) is 10.9. The van der Waals surface area contributed by atoms with Crippen molar-refractivity contribution in [1.29, 1.82) is 0 Å². The van der Waals surface area contributed by atoms with Gasteiger partial charge in [-0.25, -0.2) is 19.9 Å². The summed E-state index contributed by atoms with van der Waals surface area (Å²) in [4.78, 5) is 19.8. The molecular formula is C44H31N5. The molecule has 0 aliphatic heterocycles. The Morgan fingerprint density at radius 2 is 0.898 bits per heavy atom. The van der Waals surface area contributed by atoms with Crippen molar-refractivity contribution in [3.63, 3.8) is 0 Å². The van der Waals surface area contributed by atoms with E-state index in [1.54, 1.807) is 0 Å². The van der Waals surface area contributed by atoms with Crippen molar-refractivity contribution < 1.29 is 0 Å². The van der Waals surface area contributed by atoms with Gasteiger partial charge in [0.25, 0.3) is 0 Å². The summed E-state index contributed by atoms with van der Waals surface area (Å²) in [6.07, 6.45) is 0. The predicted molar refractivity (Wildman–Crippen MR) is 201 cm³/mol. The van der Waals surface area contributed by atoms with Crippen LogP contribution in [0, 0.1) is 0 Å². The van der Waals surface area contributed by atoms with Crippen LogP contribution < -0.4 is 0 Å². The summed E-state index contributed by atoms with van der Waals surface area (Å²) in [6, 6.07) is 54.6. The van der Waals surface area contributed by atoms with Gasteiger partial charge in [0.1, 0.15) is 0 Å². The summed E-state index contributed by atoms with van der Waals surface area (Å²) in [6.45, 7) is 3.09. The van der Waals surface area contributed by atoms with Crippen LogP contribution >= 0.6 is 0 Å². The molecule has 0 atom stereocenters. The van der Waals surface area contributed by atoms with Gasteiger partial charge < -0.3 is 4.57 Å². The van der Waals surface area contributed by atoms with E-state index in [2.05, 4.69) is 109 Å². The highest BCUT2D eigenvalue weighted by Crippen LogP contribution is 2.35. The lowest BCUT2D eigenvalue weighted by Crippen LogP contribution is -2.00. The van der Waals surface area contributed by atoms with Gasteiger partial charge in [-0.3, -0.25) is 0 Å². The highest BCUT2D eigenvalue weighted by atomic mass is 15.0. The Morgan fingerprint density at radius 3 is 1.49 bits per heavy atom. The summed E-state index contributed by atoms with van der Waals surface area (Å²) in [5.74, 6) is 1.96. The lowest BCUT2D eigenvalue weighted by Gasteiger charge is -2.10. The van der Waals surface area contributed by atoms with E-state index in [0.29, 0.717) is 17.5 Å². The Bertz CT molecular complexity index is 2550. The monoisotopic (exact) mass is 629 g/mol. The molecule has 9 aromatic rings. The maximum Gasteiger partial charge on any atom is 0.164 e. The first kappa shape index (κ1) is 28.7. The van der Waals surface area contributed by atoms with Crippen LogP contribution in [0.25, 0.3) is 89.3 Å². The molecule has 0 radical (unpaired) electrons. The SMILES string of the molecule is CCn1c2ccccc2c2ccc3ccc(-c4ccc(-c5ccc(-c6nc(-c7ccccc7)nc(-c7ccccc7)n6)cc5)cc4)nc3c21.